The third-order valence-corrected chi connectivity index (χ3v) is 7.08. The van der Waals surface area contributed by atoms with E-state index in [1.54, 1.807) is 18.2 Å². The minimum atomic E-state index is -1.12. The smallest absolute Gasteiger partial charge is 0.250 e. The lowest BCUT2D eigenvalue weighted by molar-refractivity contribution is 0.250. The molecule has 0 saturated carbocycles. The van der Waals surface area contributed by atoms with Gasteiger partial charge in [-0.1, -0.05) is 13.0 Å². The first-order chi connectivity index (χ1) is 15.6. The van der Waals surface area contributed by atoms with Crippen LogP contribution in [0.3, 0.4) is 0 Å². The highest BCUT2D eigenvalue weighted by atomic mass is 32.2. The monoisotopic (exact) mass is 453 g/mol. The number of aryl methyl sites for hydroxylation is 1. The molecule has 0 bridgehead atoms. The molecule has 1 saturated heterocycles. The molecule has 2 aliphatic rings. The van der Waals surface area contributed by atoms with Crippen molar-refractivity contribution in [3.8, 4) is 22.6 Å². The van der Waals surface area contributed by atoms with Gasteiger partial charge in [-0.3, -0.25) is 0 Å². The van der Waals surface area contributed by atoms with Crippen molar-refractivity contribution in [2.75, 3.05) is 30.5 Å². The second-order valence-electron chi connectivity index (χ2n) is 8.07. The highest BCUT2D eigenvalue weighted by Crippen LogP contribution is 2.36. The van der Waals surface area contributed by atoms with Crippen LogP contribution in [0.15, 0.2) is 53.7 Å². The van der Waals surface area contributed by atoms with Gasteiger partial charge in [0, 0.05) is 42.6 Å². The van der Waals surface area contributed by atoms with E-state index in [0.717, 1.165) is 48.6 Å². The molecule has 32 heavy (non-hydrogen) atoms. The Labute approximate surface area is 189 Å². The molecule has 1 unspecified atom stereocenters. The normalized spacial score (nSPS) is 19.7. The van der Waals surface area contributed by atoms with Gasteiger partial charge in [0.25, 0.3) is 5.94 Å². The number of aromatic nitrogens is 2. The minimum absolute atomic E-state index is 0.175. The number of halogens is 1. The third-order valence-electron chi connectivity index (χ3n) is 5.92. The van der Waals surface area contributed by atoms with Crippen LogP contribution in [0.5, 0.6) is 11.5 Å². The van der Waals surface area contributed by atoms with Crippen LogP contribution in [0, 0.1) is 11.7 Å². The lowest BCUT2D eigenvalue weighted by Crippen LogP contribution is -2.23. The van der Waals surface area contributed by atoms with Gasteiger partial charge < -0.3 is 18.9 Å². The molecule has 3 aromatic rings. The molecule has 166 valence electrons. The average Bonchev–Trinajstić information content (AvgIpc) is 3.45. The van der Waals surface area contributed by atoms with Crippen molar-refractivity contribution in [3.05, 3.63) is 60.2 Å². The van der Waals surface area contributed by atoms with Crippen molar-refractivity contribution < 1.29 is 18.4 Å². The molecule has 5 rings (SSSR count). The number of anilines is 1. The van der Waals surface area contributed by atoms with E-state index in [1.807, 2.05) is 24.5 Å². The number of fused-ring (bicyclic) bond motifs is 1. The number of ether oxygens (including phenoxy) is 2. The van der Waals surface area contributed by atoms with Crippen LogP contribution in [-0.2, 0) is 17.6 Å². The first kappa shape index (κ1) is 21.0. The molecule has 3 heterocycles. The standard InChI is InChI=1S/C24H24FN3O3S/c1-2-16-11-26-24(27-12-16)28-8-7-17(13-28)14-30-21-5-3-18(9-20(21)25)19-4-6-23-22(10-19)31-15-32(23)29/h3-6,9-12,17H,2,7-8,13-15H2,1H3/t17?,32-/m0/s1. The van der Waals surface area contributed by atoms with E-state index in [9.17, 15) is 8.94 Å². The summed E-state index contributed by atoms with van der Waals surface area (Å²) in [5, 5.41) is 0. The average molecular weight is 454 g/mol. The van der Waals surface area contributed by atoms with Crippen LogP contribution in [0.25, 0.3) is 11.1 Å². The van der Waals surface area contributed by atoms with Gasteiger partial charge in [-0.25, -0.2) is 14.4 Å². The number of rotatable bonds is 6. The maximum absolute atomic E-state index is 14.7. The van der Waals surface area contributed by atoms with Gasteiger partial charge in [0.15, 0.2) is 22.2 Å². The minimum Gasteiger partial charge on any atom is -0.609 e. The fourth-order valence-electron chi connectivity index (χ4n) is 4.02. The SMILES string of the molecule is CCc1cnc(N2CCC(COc3ccc(-c4ccc5c(c4)OC[S@+]5[O-])cc3F)C2)nc1. The summed E-state index contributed by atoms with van der Waals surface area (Å²) in [6.45, 7) is 4.18. The van der Waals surface area contributed by atoms with Crippen LogP contribution in [0.1, 0.15) is 18.9 Å². The lowest BCUT2D eigenvalue weighted by atomic mass is 10.0. The van der Waals surface area contributed by atoms with Gasteiger partial charge in [0.1, 0.15) is 0 Å². The zero-order chi connectivity index (χ0) is 22.1. The van der Waals surface area contributed by atoms with Gasteiger partial charge in [0.2, 0.25) is 5.95 Å². The fourth-order valence-corrected chi connectivity index (χ4v) is 4.94. The molecule has 0 radical (unpaired) electrons. The van der Waals surface area contributed by atoms with Crippen LogP contribution in [0.4, 0.5) is 10.3 Å². The predicted octanol–water partition coefficient (Wildman–Crippen LogP) is 4.21. The Bertz CT molecular complexity index is 1110. The van der Waals surface area contributed by atoms with E-state index < -0.39 is 17.0 Å². The number of benzene rings is 2. The van der Waals surface area contributed by atoms with Crippen molar-refractivity contribution in [1.82, 2.24) is 9.97 Å². The summed E-state index contributed by atoms with van der Waals surface area (Å²) >= 11 is -1.12. The first-order valence-corrected chi connectivity index (χ1v) is 12.1. The number of nitrogens with zero attached hydrogens (tertiary/aromatic N) is 3. The number of hydrogen-bond donors (Lipinski definition) is 0. The van der Waals surface area contributed by atoms with E-state index in [1.165, 1.54) is 6.07 Å². The summed E-state index contributed by atoms with van der Waals surface area (Å²) in [5.74, 6) is 1.64. The van der Waals surface area contributed by atoms with Crippen molar-refractivity contribution in [1.29, 1.82) is 0 Å². The molecule has 6 nitrogen and oxygen atoms in total. The highest BCUT2D eigenvalue weighted by Gasteiger charge is 2.27. The zero-order valence-electron chi connectivity index (χ0n) is 17.8. The third kappa shape index (κ3) is 4.25. The van der Waals surface area contributed by atoms with E-state index in [-0.39, 0.29) is 11.7 Å². The van der Waals surface area contributed by atoms with E-state index >= 15 is 0 Å². The lowest BCUT2D eigenvalue weighted by Gasteiger charge is -2.17. The van der Waals surface area contributed by atoms with Crippen molar-refractivity contribution in [2.45, 2.75) is 24.7 Å². The van der Waals surface area contributed by atoms with Gasteiger partial charge in [-0.15, -0.1) is 0 Å². The second kappa shape index (κ2) is 8.96. The number of hydrogen-bond acceptors (Lipinski definition) is 6. The summed E-state index contributed by atoms with van der Waals surface area (Å²) in [6, 6.07) is 10.4. The van der Waals surface area contributed by atoms with Crippen molar-refractivity contribution >= 4 is 17.1 Å². The summed E-state index contributed by atoms with van der Waals surface area (Å²) in [6.07, 6.45) is 5.61. The quantitative estimate of drug-likeness (QED) is 0.521. The zero-order valence-corrected chi connectivity index (χ0v) is 18.6. The Morgan fingerprint density at radius 3 is 2.75 bits per heavy atom. The summed E-state index contributed by atoms with van der Waals surface area (Å²) in [5.41, 5.74) is 2.65. The largest absolute Gasteiger partial charge is 0.609 e. The summed E-state index contributed by atoms with van der Waals surface area (Å²) in [7, 11) is 0. The van der Waals surface area contributed by atoms with Crippen LogP contribution in [-0.4, -0.2) is 40.2 Å². The fraction of sp³-hybridized carbons (Fsp3) is 0.333. The Hall–Kier alpha value is -2.84. The maximum Gasteiger partial charge on any atom is 0.250 e. The first-order valence-electron chi connectivity index (χ1n) is 10.7. The molecule has 8 heteroatoms. The van der Waals surface area contributed by atoms with Crippen molar-refractivity contribution in [3.63, 3.8) is 0 Å². The van der Waals surface area contributed by atoms with Gasteiger partial charge in [0.05, 0.1) is 6.61 Å². The van der Waals surface area contributed by atoms with Crippen LogP contribution >= 0.6 is 0 Å². The summed E-state index contributed by atoms with van der Waals surface area (Å²) < 4.78 is 37.8. The summed E-state index contributed by atoms with van der Waals surface area (Å²) in [4.78, 5) is 11.7. The Kier molecular flexibility index (Phi) is 5.89. The second-order valence-corrected chi connectivity index (χ2v) is 9.44. The van der Waals surface area contributed by atoms with Gasteiger partial charge >= 0.3 is 0 Å². The highest BCUT2D eigenvalue weighted by molar-refractivity contribution is 7.91. The molecular weight excluding hydrogens is 429 g/mol. The molecule has 2 aromatic carbocycles. The van der Waals surface area contributed by atoms with E-state index in [2.05, 4.69) is 21.8 Å². The molecule has 0 amide bonds. The maximum atomic E-state index is 14.7. The molecule has 0 spiro atoms. The van der Waals surface area contributed by atoms with E-state index in [0.29, 0.717) is 23.2 Å². The van der Waals surface area contributed by atoms with Crippen molar-refractivity contribution in [2.24, 2.45) is 5.92 Å². The molecule has 1 fully saturated rings. The molecule has 2 atom stereocenters. The molecule has 1 aromatic heterocycles. The Morgan fingerprint density at radius 2 is 1.97 bits per heavy atom. The topological polar surface area (TPSA) is 70.5 Å². The molecule has 2 aliphatic heterocycles. The van der Waals surface area contributed by atoms with E-state index in [4.69, 9.17) is 9.47 Å². The molecule has 0 N–H and O–H groups in total. The van der Waals surface area contributed by atoms with Gasteiger partial charge in [-0.2, -0.15) is 0 Å². The van der Waals surface area contributed by atoms with Crippen LogP contribution in [0.2, 0.25) is 0 Å². The molecular formula is C24H24FN3O3S. The Balaban J connectivity index is 1.20. The van der Waals surface area contributed by atoms with Crippen LogP contribution < -0.4 is 14.4 Å². The Morgan fingerprint density at radius 1 is 1.19 bits per heavy atom. The van der Waals surface area contributed by atoms with Gasteiger partial charge in [-0.05, 0) is 59.9 Å². The molecule has 0 aliphatic carbocycles. The predicted molar refractivity (Wildman–Crippen MR) is 121 cm³/mol.